The van der Waals surface area contributed by atoms with Gasteiger partial charge in [-0.15, -0.1) is 0 Å². The summed E-state index contributed by atoms with van der Waals surface area (Å²) in [6.45, 7) is 6.60. The number of carbonyl (C=O) groups is 4. The van der Waals surface area contributed by atoms with Crippen molar-refractivity contribution in [2.24, 2.45) is 0 Å². The summed E-state index contributed by atoms with van der Waals surface area (Å²) >= 11 is 0. The lowest BCUT2D eigenvalue weighted by Crippen LogP contribution is -2.71. The molecule has 6 rings (SSSR count). The summed E-state index contributed by atoms with van der Waals surface area (Å²) in [5.41, 5.74) is 4.30. The molecule has 4 N–H and O–H groups in total. The molecule has 3 aliphatic heterocycles. The van der Waals surface area contributed by atoms with Crippen LogP contribution in [0.4, 0.5) is 10.5 Å². The largest absolute Gasteiger partial charge is 0.504 e. The molecule has 250 valence electrons. The van der Waals surface area contributed by atoms with Crippen LogP contribution < -0.4 is 20.7 Å². The van der Waals surface area contributed by atoms with Gasteiger partial charge in [0.15, 0.2) is 23.1 Å². The second-order valence-corrected chi connectivity index (χ2v) is 13.1. The van der Waals surface area contributed by atoms with Crippen LogP contribution in [-0.4, -0.2) is 89.3 Å². The molecule has 0 spiro atoms. The quantitative estimate of drug-likeness (QED) is 0.344. The van der Waals surface area contributed by atoms with Crippen molar-refractivity contribution in [2.45, 2.75) is 76.8 Å². The van der Waals surface area contributed by atoms with Crippen LogP contribution in [0.5, 0.6) is 11.5 Å². The number of phenolic OH excluding ortho intramolecular Hbond substituents is 1. The zero-order valence-electron chi connectivity index (χ0n) is 27.9. The van der Waals surface area contributed by atoms with Crippen LogP contribution in [0.1, 0.15) is 49.9 Å². The number of rotatable bonds is 6. The van der Waals surface area contributed by atoms with Crippen molar-refractivity contribution in [2.75, 3.05) is 26.0 Å². The van der Waals surface area contributed by atoms with Crippen LogP contribution in [0.2, 0.25) is 0 Å². The molecule has 2 aromatic carbocycles. The number of allylic oxidation sites excluding steroid dienone is 2. The van der Waals surface area contributed by atoms with Crippen LogP contribution in [-0.2, 0) is 20.8 Å². The second kappa shape index (κ2) is 12.6. The Balaban J connectivity index is 1.37. The number of piperazine rings is 1. The van der Waals surface area contributed by atoms with Gasteiger partial charge in [-0.2, -0.15) is 5.26 Å². The van der Waals surface area contributed by atoms with E-state index in [0.717, 1.165) is 11.1 Å². The van der Waals surface area contributed by atoms with E-state index in [1.165, 1.54) is 7.11 Å². The van der Waals surface area contributed by atoms with E-state index in [-0.39, 0.29) is 41.9 Å². The van der Waals surface area contributed by atoms with Gasteiger partial charge in [0.2, 0.25) is 5.91 Å². The zero-order chi connectivity index (χ0) is 34.6. The number of aromatic hydroxyl groups is 1. The number of aryl methyl sites for hydroxylation is 1. The van der Waals surface area contributed by atoms with Gasteiger partial charge in [0.05, 0.1) is 25.3 Å². The number of methoxy groups -OCH3 is 1. The molecule has 3 heterocycles. The van der Waals surface area contributed by atoms with Gasteiger partial charge in [-0.3, -0.25) is 24.2 Å². The van der Waals surface area contributed by atoms with Gasteiger partial charge in [0.1, 0.15) is 12.1 Å². The minimum atomic E-state index is -0.938. The molecule has 2 aromatic rings. The van der Waals surface area contributed by atoms with Crippen LogP contribution in [0, 0.1) is 18.3 Å². The number of urea groups is 1. The van der Waals surface area contributed by atoms with Gasteiger partial charge in [0, 0.05) is 52.2 Å². The van der Waals surface area contributed by atoms with Crippen molar-refractivity contribution >= 4 is 29.2 Å². The number of hydrogen-bond donors (Lipinski definition) is 4. The molecule has 6 atom stereocenters. The number of nitriles is 1. The van der Waals surface area contributed by atoms with E-state index >= 15 is 0 Å². The van der Waals surface area contributed by atoms with Crippen molar-refractivity contribution in [3.63, 3.8) is 0 Å². The number of amides is 3. The molecule has 0 radical (unpaired) electrons. The smallest absolute Gasteiger partial charge is 0.319 e. The number of anilines is 1. The summed E-state index contributed by atoms with van der Waals surface area (Å²) < 4.78 is 5.57. The molecule has 0 aromatic heterocycles. The first-order chi connectivity index (χ1) is 22.9. The molecule has 48 heavy (non-hydrogen) atoms. The number of nitrogens with zero attached hydrogens (tertiary/aromatic N) is 3. The molecule has 1 aliphatic carbocycles. The van der Waals surface area contributed by atoms with Crippen LogP contribution in [0.25, 0.3) is 0 Å². The Morgan fingerprint density at radius 1 is 1.08 bits per heavy atom. The van der Waals surface area contributed by atoms with E-state index in [9.17, 15) is 29.5 Å². The lowest BCUT2D eigenvalue weighted by atomic mass is 9.69. The molecule has 3 amide bonds. The fraction of sp³-hybridized carbons (Fsp3) is 0.417. The van der Waals surface area contributed by atoms with Crippen LogP contribution >= 0.6 is 0 Å². The highest BCUT2D eigenvalue weighted by Crippen LogP contribution is 2.53. The van der Waals surface area contributed by atoms with Crippen LogP contribution in [0.15, 0.2) is 58.7 Å². The predicted molar refractivity (Wildman–Crippen MR) is 177 cm³/mol. The molecule has 12 heteroatoms. The molecule has 1 fully saturated rings. The fourth-order valence-electron chi connectivity index (χ4n) is 8.01. The number of phenols is 1. The molecular formula is C36H40N6O6. The van der Waals surface area contributed by atoms with E-state index in [2.05, 4.69) is 26.9 Å². The molecule has 4 aliphatic rings. The van der Waals surface area contributed by atoms with E-state index in [1.807, 2.05) is 31.0 Å². The number of nitrogens with one attached hydrogen (secondary N) is 3. The summed E-state index contributed by atoms with van der Waals surface area (Å²) in [5, 5.41) is 30.5. The number of ether oxygens (including phenoxy) is 1. The Labute approximate surface area is 279 Å². The summed E-state index contributed by atoms with van der Waals surface area (Å²) in [7, 11) is 3.42. The summed E-state index contributed by atoms with van der Waals surface area (Å²) in [4.78, 5) is 57.9. The van der Waals surface area contributed by atoms with Gasteiger partial charge in [-0.05, 0) is 70.8 Å². The second-order valence-electron chi connectivity index (χ2n) is 13.1. The Morgan fingerprint density at radius 2 is 1.77 bits per heavy atom. The third-order valence-electron chi connectivity index (χ3n) is 10.5. The Kier molecular flexibility index (Phi) is 8.62. The standard InChI is InChI=1S/C36H40N6O6/c1-17-12-21-13-24-26(15-37)42-25(30(41(24)5)28(21)33(45)34(17)48-6)14-23-29(32(44)19(3)18(2)31(23)43)27(42)16-38-35(46)20(4)39-36(47)40-22-10-8-7-9-11-22/h7-12,20,24-27,30,45H,13-14,16H2,1-6H3,(H,38,46)(H2,39,40,47)/t20-,24-,25-,26-,27-,30-/m0/s1. The van der Waals surface area contributed by atoms with E-state index < -0.39 is 42.1 Å². The molecule has 12 nitrogen and oxygen atoms in total. The van der Waals surface area contributed by atoms with Crippen LogP contribution in [0.3, 0.4) is 0 Å². The highest BCUT2D eigenvalue weighted by atomic mass is 16.5. The SMILES string of the molecule is COc1c(C)cc2c(c1O)[C@@H]1[C@@H]3CC4=C(C(=O)C(C)=C(C)C4=O)[C@H](CNC(=O)[C@H](C)NC(=O)Nc4ccccc4)N3[C@@H](C#N)[C@H](C2)N1C. The van der Waals surface area contributed by atoms with Gasteiger partial charge < -0.3 is 25.8 Å². The zero-order valence-corrected chi connectivity index (χ0v) is 27.9. The average molecular weight is 653 g/mol. The number of Topliss-reactive ketones (excluding diaryl/α,β-unsaturated/α-hetero) is 2. The number of likely N-dealkylation sites (N-methyl/N-ethyl adjacent to an activating group) is 1. The van der Waals surface area contributed by atoms with Gasteiger partial charge >= 0.3 is 6.03 Å². The summed E-state index contributed by atoms with van der Waals surface area (Å²) in [6.07, 6.45) is 0.650. The Hall–Kier alpha value is -4.99. The molecule has 1 saturated heterocycles. The third-order valence-corrected chi connectivity index (χ3v) is 10.5. The number of fused-ring (bicyclic) bond motifs is 6. The van der Waals surface area contributed by atoms with E-state index in [4.69, 9.17) is 4.74 Å². The maximum absolute atomic E-state index is 14.0. The van der Waals surface area contributed by atoms with Crippen molar-refractivity contribution in [3.05, 3.63) is 75.4 Å². The van der Waals surface area contributed by atoms with Crippen molar-refractivity contribution in [1.29, 1.82) is 5.26 Å². The Bertz CT molecular complexity index is 1830. The normalized spacial score (nSPS) is 25.7. The minimum Gasteiger partial charge on any atom is -0.504 e. The first kappa shape index (κ1) is 32.9. The van der Waals surface area contributed by atoms with Gasteiger partial charge in [0.25, 0.3) is 0 Å². The molecule has 0 saturated carbocycles. The van der Waals surface area contributed by atoms with Crippen molar-refractivity contribution in [3.8, 4) is 17.6 Å². The topological polar surface area (TPSA) is 164 Å². The maximum Gasteiger partial charge on any atom is 0.319 e. The van der Waals surface area contributed by atoms with Crippen molar-refractivity contribution in [1.82, 2.24) is 20.4 Å². The summed E-state index contributed by atoms with van der Waals surface area (Å²) in [5.74, 6) is -0.619. The number of para-hydroxylation sites is 1. The number of hydrogen-bond acceptors (Lipinski definition) is 9. The molecule has 0 unspecified atom stereocenters. The van der Waals surface area contributed by atoms with Crippen molar-refractivity contribution < 1.29 is 29.0 Å². The minimum absolute atomic E-state index is 0.0226. The van der Waals surface area contributed by atoms with E-state index in [0.29, 0.717) is 40.1 Å². The predicted octanol–water partition coefficient (Wildman–Crippen LogP) is 3.07. The van der Waals surface area contributed by atoms with Gasteiger partial charge in [-0.25, -0.2) is 4.79 Å². The van der Waals surface area contributed by atoms with Gasteiger partial charge in [-0.1, -0.05) is 24.3 Å². The highest BCUT2D eigenvalue weighted by Gasteiger charge is 2.57. The highest BCUT2D eigenvalue weighted by molar-refractivity contribution is 6.25. The fourth-order valence-corrected chi connectivity index (χ4v) is 8.01. The average Bonchev–Trinajstić information content (AvgIpc) is 3.05. The first-order valence-corrected chi connectivity index (χ1v) is 16.1. The summed E-state index contributed by atoms with van der Waals surface area (Å²) in [6, 6.07) is 9.06. The lowest BCUT2D eigenvalue weighted by molar-refractivity contribution is -0.124. The molecular weight excluding hydrogens is 612 g/mol. The Morgan fingerprint density at radius 3 is 2.44 bits per heavy atom. The number of carbonyl (C=O) groups excluding carboxylic acids is 4. The monoisotopic (exact) mass is 652 g/mol. The maximum atomic E-state index is 14.0. The number of ketones is 2. The first-order valence-electron chi connectivity index (χ1n) is 16.1. The lowest BCUT2D eigenvalue weighted by Gasteiger charge is -2.60. The molecule has 2 bridgehead atoms. The van der Waals surface area contributed by atoms with E-state index in [1.54, 1.807) is 45.0 Å². The number of benzene rings is 2. The third kappa shape index (κ3) is 5.23.